The van der Waals surface area contributed by atoms with Crippen LogP contribution in [0.15, 0.2) is 12.2 Å². The Labute approximate surface area is 90.8 Å². The van der Waals surface area contributed by atoms with Crippen LogP contribution >= 0.6 is 0 Å². The molecule has 8 heteroatoms. The van der Waals surface area contributed by atoms with Gasteiger partial charge in [-0.3, -0.25) is 4.55 Å². The van der Waals surface area contributed by atoms with Crippen LogP contribution in [0.4, 0.5) is 8.78 Å². The van der Waals surface area contributed by atoms with E-state index in [0.29, 0.717) is 12.8 Å². The first-order valence-corrected chi connectivity index (χ1v) is 5.90. The first-order chi connectivity index (χ1) is 7.25. The Morgan fingerprint density at radius 3 is 2.50 bits per heavy atom. The van der Waals surface area contributed by atoms with E-state index in [1.54, 1.807) is 12.2 Å². The summed E-state index contributed by atoms with van der Waals surface area (Å²) >= 11 is 0. The zero-order valence-corrected chi connectivity index (χ0v) is 8.91. The Morgan fingerprint density at radius 2 is 2.06 bits per heavy atom. The van der Waals surface area contributed by atoms with Gasteiger partial charge >= 0.3 is 21.3 Å². The maximum Gasteiger partial charge on any atom is 0.465 e. The van der Waals surface area contributed by atoms with Crippen molar-refractivity contribution in [1.82, 2.24) is 0 Å². The lowest BCUT2D eigenvalue weighted by Gasteiger charge is -2.20. The molecule has 0 aliphatic heterocycles. The summed E-state index contributed by atoms with van der Waals surface area (Å²) in [5, 5.41) is -4.91. The van der Waals surface area contributed by atoms with Gasteiger partial charge in [0.1, 0.15) is 6.10 Å². The number of ether oxygens (including phenoxy) is 1. The molecule has 1 N–H and O–H groups in total. The molecule has 0 radical (unpaired) electrons. The van der Waals surface area contributed by atoms with Crippen LogP contribution in [0.3, 0.4) is 0 Å². The highest BCUT2D eigenvalue weighted by Gasteiger charge is 2.54. The van der Waals surface area contributed by atoms with E-state index in [9.17, 15) is 22.0 Å². The molecule has 0 fully saturated rings. The molecule has 0 amide bonds. The van der Waals surface area contributed by atoms with E-state index >= 15 is 0 Å². The van der Waals surface area contributed by atoms with Gasteiger partial charge in [-0.15, -0.1) is 0 Å². The third-order valence-corrected chi connectivity index (χ3v) is 2.87. The maximum atomic E-state index is 12.7. The zero-order valence-electron chi connectivity index (χ0n) is 8.10. The fraction of sp³-hybridized carbons (Fsp3) is 0.625. The van der Waals surface area contributed by atoms with Crippen LogP contribution in [0.2, 0.25) is 0 Å². The molecule has 1 atom stereocenters. The second-order valence-corrected chi connectivity index (χ2v) is 4.77. The minimum atomic E-state index is -5.78. The highest BCUT2D eigenvalue weighted by Crippen LogP contribution is 2.25. The molecule has 1 aliphatic rings. The molecule has 92 valence electrons. The van der Waals surface area contributed by atoms with Crippen molar-refractivity contribution in [2.75, 3.05) is 0 Å². The standard InChI is InChI=1S/C8H10F2O5S/c9-8(10,16(12,13)14)7(11)15-6-4-2-1-3-5-6/h1-2,6H,3-5H2,(H,12,13,14). The average Bonchev–Trinajstić information content (AvgIpc) is 2.17. The van der Waals surface area contributed by atoms with Crippen molar-refractivity contribution in [3.05, 3.63) is 12.2 Å². The summed E-state index contributed by atoms with van der Waals surface area (Å²) in [4.78, 5) is 10.8. The minimum absolute atomic E-state index is 0.257. The first-order valence-electron chi connectivity index (χ1n) is 4.46. The van der Waals surface area contributed by atoms with Crippen LogP contribution in [0.5, 0.6) is 0 Å². The Morgan fingerprint density at radius 1 is 1.44 bits per heavy atom. The molecule has 1 aliphatic carbocycles. The van der Waals surface area contributed by atoms with Gasteiger partial charge in [0, 0.05) is 6.42 Å². The quantitative estimate of drug-likeness (QED) is 0.465. The first kappa shape index (κ1) is 13.0. The van der Waals surface area contributed by atoms with Crippen molar-refractivity contribution in [1.29, 1.82) is 0 Å². The second kappa shape index (κ2) is 4.46. The predicted octanol–water partition coefficient (Wildman–Crippen LogP) is 1.12. The number of carbonyl (C=O) groups excluding carboxylic acids is 1. The Kier molecular flexibility index (Phi) is 3.64. The number of esters is 1. The maximum absolute atomic E-state index is 12.7. The number of rotatable bonds is 3. The molecule has 0 aromatic carbocycles. The van der Waals surface area contributed by atoms with Crippen LogP contribution in [0, 0.1) is 0 Å². The van der Waals surface area contributed by atoms with Gasteiger partial charge in [0.05, 0.1) is 0 Å². The van der Waals surface area contributed by atoms with Crippen LogP contribution < -0.4 is 0 Å². The van der Waals surface area contributed by atoms with E-state index in [-0.39, 0.29) is 6.42 Å². The topological polar surface area (TPSA) is 80.7 Å². The van der Waals surface area contributed by atoms with Crippen molar-refractivity contribution >= 4 is 16.1 Å². The molecule has 1 unspecified atom stereocenters. The van der Waals surface area contributed by atoms with E-state index in [4.69, 9.17) is 4.55 Å². The third-order valence-electron chi connectivity index (χ3n) is 2.06. The van der Waals surface area contributed by atoms with Gasteiger partial charge in [-0.25, -0.2) is 4.79 Å². The summed E-state index contributed by atoms with van der Waals surface area (Å²) in [7, 11) is -5.78. The van der Waals surface area contributed by atoms with Crippen LogP contribution in [-0.4, -0.2) is 30.3 Å². The van der Waals surface area contributed by atoms with Gasteiger partial charge in [0.25, 0.3) is 0 Å². The minimum Gasteiger partial charge on any atom is -0.457 e. The molecule has 0 aromatic rings. The van der Waals surface area contributed by atoms with Gasteiger partial charge in [-0.1, -0.05) is 12.2 Å². The molecule has 0 bridgehead atoms. The Bertz CT molecular complexity index is 401. The molecule has 0 heterocycles. The highest BCUT2D eigenvalue weighted by atomic mass is 32.2. The number of alkyl halides is 2. The van der Waals surface area contributed by atoms with E-state index in [1.165, 1.54) is 0 Å². The number of hydrogen-bond acceptors (Lipinski definition) is 4. The Balaban J connectivity index is 2.68. The van der Waals surface area contributed by atoms with Crippen molar-refractivity contribution in [3.8, 4) is 0 Å². The highest BCUT2D eigenvalue weighted by molar-refractivity contribution is 7.87. The molecule has 0 saturated heterocycles. The lowest BCUT2D eigenvalue weighted by molar-refractivity contribution is -0.167. The van der Waals surface area contributed by atoms with Crippen LogP contribution in [0.25, 0.3) is 0 Å². The van der Waals surface area contributed by atoms with Gasteiger partial charge in [0.15, 0.2) is 0 Å². The normalized spacial score (nSPS) is 21.8. The van der Waals surface area contributed by atoms with Crippen molar-refractivity contribution < 1.29 is 31.3 Å². The van der Waals surface area contributed by atoms with Gasteiger partial charge in [-0.05, 0) is 12.8 Å². The summed E-state index contributed by atoms with van der Waals surface area (Å²) in [6.45, 7) is 0. The third kappa shape index (κ3) is 2.76. The van der Waals surface area contributed by atoms with Gasteiger partial charge in [-0.2, -0.15) is 17.2 Å². The number of halogens is 2. The summed E-state index contributed by atoms with van der Waals surface area (Å²) < 4.78 is 58.4. The lowest BCUT2D eigenvalue weighted by Crippen LogP contribution is -2.40. The second-order valence-electron chi connectivity index (χ2n) is 3.30. The summed E-state index contributed by atoms with van der Waals surface area (Å²) in [5.41, 5.74) is 0. The smallest absolute Gasteiger partial charge is 0.457 e. The molecule has 0 aromatic heterocycles. The van der Waals surface area contributed by atoms with Crippen molar-refractivity contribution in [2.45, 2.75) is 30.6 Å². The van der Waals surface area contributed by atoms with Crippen LogP contribution in [0.1, 0.15) is 19.3 Å². The molecule has 1 rings (SSSR count). The monoisotopic (exact) mass is 256 g/mol. The SMILES string of the molecule is O=C(OC1CC=CCC1)C(F)(F)S(=O)(=O)O. The fourth-order valence-corrected chi connectivity index (χ4v) is 1.46. The summed E-state index contributed by atoms with van der Waals surface area (Å²) in [6.07, 6.45) is 3.84. The molecule has 16 heavy (non-hydrogen) atoms. The molecular formula is C8H10F2O5S. The number of carbonyl (C=O) groups is 1. The summed E-state index contributed by atoms with van der Waals surface area (Å²) in [5.74, 6) is -2.24. The molecule has 5 nitrogen and oxygen atoms in total. The van der Waals surface area contributed by atoms with Crippen molar-refractivity contribution in [2.24, 2.45) is 0 Å². The van der Waals surface area contributed by atoms with E-state index < -0.39 is 27.4 Å². The van der Waals surface area contributed by atoms with Crippen LogP contribution in [-0.2, 0) is 19.6 Å². The largest absolute Gasteiger partial charge is 0.465 e. The predicted molar refractivity (Wildman–Crippen MR) is 49.4 cm³/mol. The molecule has 0 spiro atoms. The van der Waals surface area contributed by atoms with E-state index in [2.05, 4.69) is 4.74 Å². The summed E-state index contributed by atoms with van der Waals surface area (Å²) in [6, 6.07) is 0. The lowest BCUT2D eigenvalue weighted by atomic mass is 10.1. The molecular weight excluding hydrogens is 246 g/mol. The van der Waals surface area contributed by atoms with Gasteiger partial charge < -0.3 is 4.74 Å². The Hall–Kier alpha value is -1.02. The number of allylic oxidation sites excluding steroid dienone is 1. The van der Waals surface area contributed by atoms with E-state index in [1.807, 2.05) is 0 Å². The fourth-order valence-electron chi connectivity index (χ4n) is 1.20. The van der Waals surface area contributed by atoms with Gasteiger partial charge in [0.2, 0.25) is 0 Å². The van der Waals surface area contributed by atoms with Crippen molar-refractivity contribution in [3.63, 3.8) is 0 Å². The van der Waals surface area contributed by atoms with E-state index in [0.717, 1.165) is 0 Å². The average molecular weight is 256 g/mol. The zero-order chi connectivity index (χ0) is 12.4. The number of hydrogen-bond donors (Lipinski definition) is 1. The molecule has 0 saturated carbocycles.